The summed E-state index contributed by atoms with van der Waals surface area (Å²) >= 11 is 1.76. The quantitative estimate of drug-likeness (QED) is 0.832. The number of thiazole rings is 1. The van der Waals surface area contributed by atoms with Gasteiger partial charge in [-0.15, -0.1) is 11.3 Å². The van der Waals surface area contributed by atoms with E-state index >= 15 is 0 Å². The van der Waals surface area contributed by atoms with Crippen molar-refractivity contribution >= 4 is 11.3 Å². The van der Waals surface area contributed by atoms with Gasteiger partial charge in [0, 0.05) is 22.5 Å². The van der Waals surface area contributed by atoms with Crippen molar-refractivity contribution in [3.63, 3.8) is 0 Å². The molecule has 1 heterocycles. The maximum Gasteiger partial charge on any atom is 0.0959 e. The molecule has 0 radical (unpaired) electrons. The lowest BCUT2D eigenvalue weighted by molar-refractivity contribution is 0.566. The van der Waals surface area contributed by atoms with Crippen LogP contribution in [-0.2, 0) is 5.54 Å². The zero-order valence-corrected chi connectivity index (χ0v) is 10.3. The lowest BCUT2D eigenvalue weighted by Gasteiger charge is -2.15. The topological polar surface area (TPSA) is 38.9 Å². The molecule has 0 unspecified atom stereocenters. The molecule has 2 N–H and O–H groups in total. The highest BCUT2D eigenvalue weighted by atomic mass is 32.1. The molecule has 0 aliphatic heterocycles. The molecule has 0 bridgehead atoms. The number of nitrogens with two attached hydrogens (primary N) is 1. The third kappa shape index (κ3) is 2.55. The van der Waals surface area contributed by atoms with Crippen LogP contribution in [0.2, 0.25) is 0 Å². The Kier molecular flexibility index (Phi) is 3.67. The predicted octanol–water partition coefficient (Wildman–Crippen LogP) is 3.24. The predicted molar refractivity (Wildman–Crippen MR) is 62.7 cm³/mol. The molecule has 14 heavy (non-hydrogen) atoms. The van der Waals surface area contributed by atoms with Crippen molar-refractivity contribution in [3.8, 4) is 0 Å². The fourth-order valence-corrected chi connectivity index (χ4v) is 2.61. The van der Waals surface area contributed by atoms with Gasteiger partial charge in [-0.25, -0.2) is 4.98 Å². The van der Waals surface area contributed by atoms with Crippen LogP contribution in [0.25, 0.3) is 0 Å². The Bertz CT molecular complexity index is 282. The molecule has 0 spiro atoms. The number of aromatic nitrogens is 1. The first kappa shape index (κ1) is 11.7. The lowest BCUT2D eigenvalue weighted by atomic mass is 10.1. The van der Waals surface area contributed by atoms with Crippen molar-refractivity contribution in [2.24, 2.45) is 5.73 Å². The van der Waals surface area contributed by atoms with E-state index in [0.717, 1.165) is 12.8 Å². The summed E-state index contributed by atoms with van der Waals surface area (Å²) in [5.74, 6) is 0.607. The summed E-state index contributed by atoms with van der Waals surface area (Å²) in [5.41, 5.74) is 5.78. The van der Waals surface area contributed by atoms with Crippen LogP contribution in [0, 0.1) is 0 Å². The molecule has 0 aromatic carbocycles. The average Bonchev–Trinajstić information content (AvgIpc) is 2.54. The van der Waals surface area contributed by atoms with E-state index in [4.69, 9.17) is 5.73 Å². The van der Waals surface area contributed by atoms with Gasteiger partial charge in [-0.1, -0.05) is 13.8 Å². The van der Waals surface area contributed by atoms with Crippen LogP contribution >= 0.6 is 11.3 Å². The largest absolute Gasteiger partial charge is 0.321 e. The Morgan fingerprint density at radius 1 is 1.43 bits per heavy atom. The van der Waals surface area contributed by atoms with Gasteiger partial charge in [0.25, 0.3) is 0 Å². The van der Waals surface area contributed by atoms with Gasteiger partial charge in [0.05, 0.1) is 5.01 Å². The first-order chi connectivity index (χ1) is 6.49. The first-order valence-corrected chi connectivity index (χ1v) is 6.05. The number of hydrogen-bond donors (Lipinski definition) is 1. The molecule has 0 amide bonds. The van der Waals surface area contributed by atoms with Crippen molar-refractivity contribution in [2.45, 2.75) is 52.0 Å². The molecule has 3 heteroatoms. The van der Waals surface area contributed by atoms with Gasteiger partial charge in [0.1, 0.15) is 0 Å². The van der Waals surface area contributed by atoms with Crippen molar-refractivity contribution < 1.29 is 0 Å². The Balaban J connectivity index is 2.87. The minimum absolute atomic E-state index is 0.248. The van der Waals surface area contributed by atoms with Gasteiger partial charge in [-0.05, 0) is 26.7 Å². The molecular weight excluding hydrogens is 192 g/mol. The zero-order chi connectivity index (χ0) is 10.8. The average molecular weight is 212 g/mol. The molecule has 80 valence electrons. The summed E-state index contributed by atoms with van der Waals surface area (Å²) < 4.78 is 0. The second kappa shape index (κ2) is 4.41. The maximum atomic E-state index is 6.02. The second-order valence-electron chi connectivity index (χ2n) is 4.30. The van der Waals surface area contributed by atoms with Crippen LogP contribution in [0.1, 0.15) is 56.3 Å². The van der Waals surface area contributed by atoms with Gasteiger partial charge >= 0.3 is 0 Å². The molecule has 0 saturated carbocycles. The van der Waals surface area contributed by atoms with Gasteiger partial charge in [-0.2, -0.15) is 0 Å². The van der Waals surface area contributed by atoms with Crippen molar-refractivity contribution in [1.29, 1.82) is 0 Å². The third-order valence-electron chi connectivity index (χ3n) is 2.49. The summed E-state index contributed by atoms with van der Waals surface area (Å²) in [6.07, 6.45) is 4.25. The van der Waals surface area contributed by atoms with Gasteiger partial charge < -0.3 is 5.73 Å². The van der Waals surface area contributed by atoms with E-state index in [2.05, 4.69) is 18.8 Å². The highest BCUT2D eigenvalue weighted by molar-refractivity contribution is 7.11. The SMILES string of the molecule is CCC(CC)c1ncc(C(C)(C)N)s1. The van der Waals surface area contributed by atoms with Crippen LogP contribution in [0.15, 0.2) is 6.20 Å². The van der Waals surface area contributed by atoms with E-state index in [9.17, 15) is 0 Å². The number of rotatable bonds is 4. The third-order valence-corrected chi connectivity index (χ3v) is 3.99. The zero-order valence-electron chi connectivity index (χ0n) is 9.50. The Morgan fingerprint density at radius 3 is 2.36 bits per heavy atom. The van der Waals surface area contributed by atoms with Crippen molar-refractivity contribution in [3.05, 3.63) is 16.1 Å². The van der Waals surface area contributed by atoms with Gasteiger partial charge in [0.15, 0.2) is 0 Å². The molecule has 1 aromatic rings. The molecule has 0 fully saturated rings. The monoisotopic (exact) mass is 212 g/mol. The molecule has 2 nitrogen and oxygen atoms in total. The Morgan fingerprint density at radius 2 is 2.00 bits per heavy atom. The van der Waals surface area contributed by atoms with Gasteiger partial charge in [-0.3, -0.25) is 0 Å². The van der Waals surface area contributed by atoms with Gasteiger partial charge in [0.2, 0.25) is 0 Å². The molecule has 0 atom stereocenters. The van der Waals surface area contributed by atoms with E-state index in [1.54, 1.807) is 11.3 Å². The second-order valence-corrected chi connectivity index (χ2v) is 5.36. The Labute approximate surface area is 90.6 Å². The van der Waals surface area contributed by atoms with E-state index in [1.165, 1.54) is 9.88 Å². The summed E-state index contributed by atoms with van der Waals surface area (Å²) in [7, 11) is 0. The van der Waals surface area contributed by atoms with E-state index in [0.29, 0.717) is 5.92 Å². The number of hydrogen-bond acceptors (Lipinski definition) is 3. The summed E-state index contributed by atoms with van der Waals surface area (Å²) in [4.78, 5) is 5.64. The highest BCUT2D eigenvalue weighted by Crippen LogP contribution is 2.31. The summed E-state index contributed by atoms with van der Waals surface area (Å²) in [5, 5.41) is 1.24. The summed E-state index contributed by atoms with van der Waals surface area (Å²) in [6, 6.07) is 0. The first-order valence-electron chi connectivity index (χ1n) is 5.24. The van der Waals surface area contributed by atoms with Crippen LogP contribution in [0.5, 0.6) is 0 Å². The minimum Gasteiger partial charge on any atom is -0.321 e. The maximum absolute atomic E-state index is 6.02. The van der Waals surface area contributed by atoms with Crippen LogP contribution < -0.4 is 5.73 Å². The smallest absolute Gasteiger partial charge is 0.0959 e. The van der Waals surface area contributed by atoms with E-state index in [1.807, 2.05) is 20.0 Å². The molecule has 1 rings (SSSR count). The van der Waals surface area contributed by atoms with Crippen LogP contribution in [-0.4, -0.2) is 4.98 Å². The number of nitrogens with zero attached hydrogens (tertiary/aromatic N) is 1. The molecule has 0 saturated heterocycles. The highest BCUT2D eigenvalue weighted by Gasteiger charge is 2.19. The lowest BCUT2D eigenvalue weighted by Crippen LogP contribution is -2.27. The standard InChI is InChI=1S/C11H20N2S/c1-5-8(6-2)10-13-7-9(14-10)11(3,4)12/h7-8H,5-6,12H2,1-4H3. The fourth-order valence-electron chi connectivity index (χ4n) is 1.41. The molecule has 0 aliphatic rings. The van der Waals surface area contributed by atoms with Crippen LogP contribution in [0.3, 0.4) is 0 Å². The summed E-state index contributed by atoms with van der Waals surface area (Å²) in [6.45, 7) is 8.47. The van der Waals surface area contributed by atoms with Crippen molar-refractivity contribution in [1.82, 2.24) is 4.98 Å². The normalized spacial score (nSPS) is 12.4. The molecule has 0 aliphatic carbocycles. The Hall–Kier alpha value is -0.410. The molecular formula is C11H20N2S. The molecule has 1 aromatic heterocycles. The van der Waals surface area contributed by atoms with Crippen molar-refractivity contribution in [2.75, 3.05) is 0 Å². The van der Waals surface area contributed by atoms with E-state index < -0.39 is 0 Å². The fraction of sp³-hybridized carbons (Fsp3) is 0.727. The minimum atomic E-state index is -0.248. The van der Waals surface area contributed by atoms with E-state index in [-0.39, 0.29) is 5.54 Å². The van der Waals surface area contributed by atoms with Crippen LogP contribution in [0.4, 0.5) is 0 Å².